The first-order valence-electron chi connectivity index (χ1n) is 14.4. The Morgan fingerprint density at radius 2 is 1.52 bits per heavy atom. The van der Waals surface area contributed by atoms with Crippen molar-refractivity contribution in [3.63, 3.8) is 0 Å². The molecule has 2 N–H and O–H groups in total. The van der Waals surface area contributed by atoms with E-state index in [-0.39, 0.29) is 18.7 Å². The Kier molecular flexibility index (Phi) is 8.81. The van der Waals surface area contributed by atoms with E-state index in [1.165, 1.54) is 54.9 Å². The highest BCUT2D eigenvalue weighted by Gasteiger charge is 2.27. The van der Waals surface area contributed by atoms with Crippen LogP contribution in [0, 0.1) is 24.5 Å². The quantitative estimate of drug-likeness (QED) is 0.457. The molecular weight excluding hydrogens is 512 g/mol. The maximum absolute atomic E-state index is 14.6. The van der Waals surface area contributed by atoms with Crippen LogP contribution in [-0.4, -0.2) is 46.8 Å². The third-order valence-corrected chi connectivity index (χ3v) is 8.57. The number of nitrogens with two attached hydrogens (primary N) is 1. The summed E-state index contributed by atoms with van der Waals surface area (Å²) in [5, 5.41) is 0. The highest BCUT2D eigenvalue weighted by Crippen LogP contribution is 2.26. The summed E-state index contributed by atoms with van der Waals surface area (Å²) in [5.74, 6) is -0.734. The number of hydrogen-bond donors (Lipinski definition) is 1. The maximum Gasteiger partial charge on any atom is 0.331 e. The Labute approximate surface area is 233 Å². The number of aromatic nitrogens is 2. The van der Waals surface area contributed by atoms with Gasteiger partial charge in [-0.15, -0.1) is 0 Å². The molecule has 0 amide bonds. The van der Waals surface area contributed by atoms with Crippen molar-refractivity contribution in [1.29, 1.82) is 0 Å². The van der Waals surface area contributed by atoms with Crippen LogP contribution in [-0.2, 0) is 13.1 Å². The molecule has 2 aliphatic rings. The molecule has 1 aromatic heterocycles. The molecule has 214 valence electrons. The van der Waals surface area contributed by atoms with E-state index in [0.29, 0.717) is 24.5 Å². The molecule has 0 spiro atoms. The Morgan fingerprint density at radius 1 is 0.875 bits per heavy atom. The summed E-state index contributed by atoms with van der Waals surface area (Å²) in [7, 11) is 0. The van der Waals surface area contributed by atoms with E-state index < -0.39 is 28.9 Å². The summed E-state index contributed by atoms with van der Waals surface area (Å²) in [6.07, 6.45) is 6.50. The summed E-state index contributed by atoms with van der Waals surface area (Å²) >= 11 is 0. The third-order valence-electron chi connectivity index (χ3n) is 8.57. The van der Waals surface area contributed by atoms with Crippen molar-refractivity contribution in [2.75, 3.05) is 37.6 Å². The number of nitrogens with zero attached hydrogens (tertiary/aromatic N) is 4. The molecule has 1 atom stereocenters. The average Bonchev–Trinajstić information content (AvgIpc) is 2.96. The minimum Gasteiger partial charge on any atom is -0.363 e. The molecule has 1 saturated heterocycles. The second-order valence-corrected chi connectivity index (χ2v) is 11.2. The van der Waals surface area contributed by atoms with Crippen LogP contribution in [0.25, 0.3) is 0 Å². The van der Waals surface area contributed by atoms with Gasteiger partial charge in [0.25, 0.3) is 5.56 Å². The van der Waals surface area contributed by atoms with E-state index in [4.69, 9.17) is 5.73 Å². The maximum atomic E-state index is 14.6. The van der Waals surface area contributed by atoms with Crippen LogP contribution in [0.2, 0.25) is 0 Å². The van der Waals surface area contributed by atoms with Crippen molar-refractivity contribution in [2.24, 2.45) is 11.7 Å². The zero-order valence-electron chi connectivity index (χ0n) is 23.2. The second-order valence-electron chi connectivity index (χ2n) is 11.2. The van der Waals surface area contributed by atoms with E-state index in [1.54, 1.807) is 6.92 Å². The van der Waals surface area contributed by atoms with Crippen LogP contribution in [0.1, 0.15) is 55.0 Å². The van der Waals surface area contributed by atoms with Gasteiger partial charge in [-0.05, 0) is 43.4 Å². The zero-order chi connectivity index (χ0) is 28.2. The molecule has 1 aliphatic carbocycles. The fourth-order valence-electron chi connectivity index (χ4n) is 6.23. The lowest BCUT2D eigenvalue weighted by Crippen LogP contribution is -2.52. The first-order chi connectivity index (χ1) is 19.3. The number of hydrogen-bond acceptors (Lipinski definition) is 5. The largest absolute Gasteiger partial charge is 0.363 e. The van der Waals surface area contributed by atoms with Crippen molar-refractivity contribution in [3.8, 4) is 0 Å². The van der Waals surface area contributed by atoms with Gasteiger partial charge in [0, 0.05) is 50.0 Å². The van der Waals surface area contributed by atoms with Gasteiger partial charge >= 0.3 is 5.69 Å². The molecule has 0 bridgehead atoms. The Morgan fingerprint density at radius 3 is 2.17 bits per heavy atom. The summed E-state index contributed by atoms with van der Waals surface area (Å²) in [5.41, 5.74) is 6.77. The second kappa shape index (κ2) is 12.5. The fraction of sp³-hybridized carbons (Fsp3) is 0.484. The van der Waals surface area contributed by atoms with E-state index >= 15 is 0 Å². The van der Waals surface area contributed by atoms with Gasteiger partial charge in [0.2, 0.25) is 0 Å². The van der Waals surface area contributed by atoms with Gasteiger partial charge in [0.05, 0.1) is 13.1 Å². The SMILES string of the molecule is Cc1c(N2CCN(CC3CCCCC3)CC2)c(=O)n(CC(N)c2ccccc2)c(=O)n1Cc1c(F)cccc1F. The average molecular weight is 552 g/mol. The number of rotatable bonds is 8. The first kappa shape index (κ1) is 28.2. The van der Waals surface area contributed by atoms with Crippen molar-refractivity contribution in [1.82, 2.24) is 14.0 Å². The lowest BCUT2D eigenvalue weighted by Gasteiger charge is -2.38. The predicted octanol–water partition coefficient (Wildman–Crippen LogP) is 4.05. The van der Waals surface area contributed by atoms with Gasteiger partial charge in [-0.1, -0.05) is 55.7 Å². The summed E-state index contributed by atoms with van der Waals surface area (Å²) in [6.45, 7) is 5.32. The van der Waals surface area contributed by atoms with E-state index in [9.17, 15) is 18.4 Å². The highest BCUT2D eigenvalue weighted by molar-refractivity contribution is 5.49. The summed E-state index contributed by atoms with van der Waals surface area (Å²) < 4.78 is 31.7. The van der Waals surface area contributed by atoms with Gasteiger partial charge in [0.15, 0.2) is 0 Å². The number of benzene rings is 2. The fourth-order valence-corrected chi connectivity index (χ4v) is 6.23. The molecule has 3 aromatic rings. The molecule has 2 heterocycles. The van der Waals surface area contributed by atoms with Crippen molar-refractivity contribution in [2.45, 2.75) is 58.2 Å². The monoisotopic (exact) mass is 551 g/mol. The molecule has 5 rings (SSSR count). The molecule has 40 heavy (non-hydrogen) atoms. The van der Waals surface area contributed by atoms with E-state index in [2.05, 4.69) is 4.90 Å². The smallest absolute Gasteiger partial charge is 0.331 e. The molecule has 9 heteroatoms. The molecule has 2 aromatic carbocycles. The van der Waals surface area contributed by atoms with Gasteiger partial charge in [0.1, 0.15) is 17.3 Å². The van der Waals surface area contributed by atoms with Crippen LogP contribution in [0.4, 0.5) is 14.5 Å². The minimum absolute atomic E-state index is 0.0453. The minimum atomic E-state index is -0.733. The predicted molar refractivity (Wildman–Crippen MR) is 154 cm³/mol. The normalized spacial score (nSPS) is 17.8. The summed E-state index contributed by atoms with van der Waals surface area (Å²) in [6, 6.07) is 12.3. The van der Waals surface area contributed by atoms with Crippen molar-refractivity contribution >= 4 is 5.69 Å². The standard InChI is InChI=1S/C31H39F2N5O2/c1-22-29(36-17-15-35(16-18-36)19-23-9-4-2-5-10-23)30(39)38(21-28(34)24-11-6-3-7-12-24)31(40)37(22)20-25-26(32)13-8-14-27(25)33/h3,6-8,11-14,23,28H,2,4-5,9-10,15-21,34H2,1H3. The van der Waals surface area contributed by atoms with Crippen LogP contribution in [0.15, 0.2) is 58.1 Å². The third kappa shape index (κ3) is 6.05. The van der Waals surface area contributed by atoms with Crippen molar-refractivity contribution in [3.05, 3.63) is 97.8 Å². The Balaban J connectivity index is 1.48. The number of halogens is 2. The van der Waals surface area contributed by atoms with Crippen LogP contribution in [0.5, 0.6) is 0 Å². The van der Waals surface area contributed by atoms with Crippen LogP contribution in [0.3, 0.4) is 0 Å². The van der Waals surface area contributed by atoms with Gasteiger partial charge in [-0.25, -0.2) is 13.6 Å². The molecule has 1 saturated carbocycles. The Hall–Kier alpha value is -3.30. The van der Waals surface area contributed by atoms with Gasteiger partial charge in [-0.3, -0.25) is 18.8 Å². The van der Waals surface area contributed by atoms with Crippen LogP contribution < -0.4 is 21.9 Å². The molecule has 0 radical (unpaired) electrons. The Bertz CT molecular complexity index is 1400. The zero-order valence-corrected chi connectivity index (χ0v) is 23.2. The molecule has 7 nitrogen and oxygen atoms in total. The highest BCUT2D eigenvalue weighted by atomic mass is 19.1. The summed E-state index contributed by atoms with van der Waals surface area (Å²) in [4.78, 5) is 32.1. The van der Waals surface area contributed by atoms with Gasteiger partial charge in [-0.2, -0.15) is 0 Å². The number of anilines is 1. The van der Waals surface area contributed by atoms with E-state index in [1.807, 2.05) is 35.2 Å². The lowest BCUT2D eigenvalue weighted by atomic mass is 9.89. The van der Waals surface area contributed by atoms with Crippen molar-refractivity contribution < 1.29 is 8.78 Å². The van der Waals surface area contributed by atoms with E-state index in [0.717, 1.165) is 35.7 Å². The molecule has 1 aliphatic heterocycles. The van der Waals surface area contributed by atoms with Gasteiger partial charge < -0.3 is 10.6 Å². The molecule has 1 unspecified atom stereocenters. The van der Waals surface area contributed by atoms with Crippen LogP contribution >= 0.6 is 0 Å². The molecular formula is C31H39F2N5O2. The lowest BCUT2D eigenvalue weighted by molar-refractivity contribution is 0.191. The molecule has 2 fully saturated rings. The first-order valence-corrected chi connectivity index (χ1v) is 14.4. The number of piperazine rings is 1. The topological polar surface area (TPSA) is 76.5 Å².